The van der Waals surface area contributed by atoms with Gasteiger partial charge in [-0.05, 0) is 38.8 Å². The van der Waals surface area contributed by atoms with E-state index in [4.69, 9.17) is 0 Å². The smallest absolute Gasteiger partial charge is 0.137 e. The molecule has 1 aromatic rings. The van der Waals surface area contributed by atoms with E-state index in [2.05, 4.69) is 20.6 Å². The lowest BCUT2D eigenvalue weighted by molar-refractivity contribution is 0.133. The van der Waals surface area contributed by atoms with Crippen molar-refractivity contribution in [3.63, 3.8) is 0 Å². The quantitative estimate of drug-likeness (QED) is 0.887. The summed E-state index contributed by atoms with van der Waals surface area (Å²) >= 11 is 0. The second-order valence-electron chi connectivity index (χ2n) is 5.59. The van der Waals surface area contributed by atoms with E-state index in [0.29, 0.717) is 0 Å². The summed E-state index contributed by atoms with van der Waals surface area (Å²) in [5.74, 6) is 0.884. The molecule has 0 amide bonds. The molecule has 4 heteroatoms. The number of fused-ring (bicyclic) bond motifs is 1. The minimum atomic E-state index is -0.345. The first-order chi connectivity index (χ1) is 8.83. The van der Waals surface area contributed by atoms with Gasteiger partial charge in [-0.25, -0.2) is 4.98 Å². The van der Waals surface area contributed by atoms with Crippen molar-refractivity contribution < 1.29 is 5.11 Å². The normalized spacial score (nSPS) is 25.1. The lowest BCUT2D eigenvalue weighted by Gasteiger charge is -2.25. The number of hydrogen-bond acceptors (Lipinski definition) is 3. The molecule has 3 rings (SSSR count). The average Bonchev–Trinajstić information content (AvgIpc) is 2.82. The fourth-order valence-electron chi connectivity index (χ4n) is 3.09. The standard InChI is InChI=1S/C14H23N3O/c18-13-5-4-9-17-11-12(15-14(13)17)6-10-16-7-2-1-3-8-16/h11,13,18H,1-10H2. The van der Waals surface area contributed by atoms with Gasteiger partial charge in [0.1, 0.15) is 11.9 Å². The van der Waals surface area contributed by atoms with Crippen LogP contribution in [0.3, 0.4) is 0 Å². The topological polar surface area (TPSA) is 41.3 Å². The highest BCUT2D eigenvalue weighted by Crippen LogP contribution is 2.24. The molecule has 2 aliphatic rings. The third-order valence-electron chi connectivity index (χ3n) is 4.16. The Labute approximate surface area is 109 Å². The van der Waals surface area contributed by atoms with Gasteiger partial charge in [-0.2, -0.15) is 0 Å². The molecule has 3 heterocycles. The van der Waals surface area contributed by atoms with E-state index in [0.717, 1.165) is 43.9 Å². The fraction of sp³-hybridized carbons (Fsp3) is 0.786. The van der Waals surface area contributed by atoms with Gasteiger partial charge >= 0.3 is 0 Å². The molecule has 1 N–H and O–H groups in total. The zero-order valence-electron chi connectivity index (χ0n) is 11.0. The van der Waals surface area contributed by atoms with Crippen LogP contribution in [0.1, 0.15) is 49.7 Å². The maximum absolute atomic E-state index is 9.90. The Morgan fingerprint density at radius 1 is 1.17 bits per heavy atom. The Morgan fingerprint density at radius 2 is 2.00 bits per heavy atom. The molecule has 1 unspecified atom stereocenters. The molecule has 0 saturated carbocycles. The van der Waals surface area contributed by atoms with Crippen LogP contribution in [0.2, 0.25) is 0 Å². The van der Waals surface area contributed by atoms with Crippen LogP contribution in [0, 0.1) is 0 Å². The van der Waals surface area contributed by atoms with Gasteiger partial charge in [0.05, 0.1) is 5.69 Å². The van der Waals surface area contributed by atoms with Crippen LogP contribution in [-0.4, -0.2) is 39.2 Å². The first-order valence-corrected chi connectivity index (χ1v) is 7.29. The maximum atomic E-state index is 9.90. The first-order valence-electron chi connectivity index (χ1n) is 7.29. The summed E-state index contributed by atoms with van der Waals surface area (Å²) in [6, 6.07) is 0. The molecule has 1 aromatic heterocycles. The van der Waals surface area contributed by atoms with Crippen molar-refractivity contribution in [3.05, 3.63) is 17.7 Å². The summed E-state index contributed by atoms with van der Waals surface area (Å²) in [5, 5.41) is 9.90. The number of rotatable bonds is 3. The number of aliphatic hydroxyl groups is 1. The molecule has 18 heavy (non-hydrogen) atoms. The minimum absolute atomic E-state index is 0.345. The van der Waals surface area contributed by atoms with E-state index in [9.17, 15) is 5.11 Å². The lowest BCUT2D eigenvalue weighted by Crippen LogP contribution is -2.31. The summed E-state index contributed by atoms with van der Waals surface area (Å²) in [5.41, 5.74) is 1.15. The molecule has 100 valence electrons. The number of nitrogens with zero attached hydrogens (tertiary/aromatic N) is 3. The minimum Gasteiger partial charge on any atom is -0.385 e. The van der Waals surface area contributed by atoms with Crippen LogP contribution < -0.4 is 0 Å². The van der Waals surface area contributed by atoms with Crippen molar-refractivity contribution in [2.24, 2.45) is 0 Å². The van der Waals surface area contributed by atoms with Gasteiger partial charge in [-0.3, -0.25) is 0 Å². The summed E-state index contributed by atoms with van der Waals surface area (Å²) in [7, 11) is 0. The monoisotopic (exact) mass is 249 g/mol. The summed E-state index contributed by atoms with van der Waals surface area (Å²) in [6.45, 7) is 4.63. The molecular weight excluding hydrogens is 226 g/mol. The van der Waals surface area contributed by atoms with Gasteiger partial charge in [0, 0.05) is 25.7 Å². The summed E-state index contributed by atoms with van der Waals surface area (Å²) in [4.78, 5) is 7.14. The Morgan fingerprint density at radius 3 is 2.78 bits per heavy atom. The second kappa shape index (κ2) is 5.41. The molecule has 4 nitrogen and oxygen atoms in total. The predicted octanol–water partition coefficient (Wildman–Crippen LogP) is 1.74. The van der Waals surface area contributed by atoms with Crippen LogP contribution in [0.5, 0.6) is 0 Å². The highest BCUT2D eigenvalue weighted by molar-refractivity contribution is 5.08. The van der Waals surface area contributed by atoms with Crippen LogP contribution in [0.15, 0.2) is 6.20 Å². The van der Waals surface area contributed by atoms with Crippen LogP contribution in [-0.2, 0) is 13.0 Å². The molecule has 1 saturated heterocycles. The number of likely N-dealkylation sites (tertiary alicyclic amines) is 1. The highest BCUT2D eigenvalue weighted by atomic mass is 16.3. The number of piperidine rings is 1. The molecule has 0 aromatic carbocycles. The van der Waals surface area contributed by atoms with E-state index in [1.807, 2.05) is 0 Å². The fourth-order valence-corrected chi connectivity index (χ4v) is 3.09. The Hall–Kier alpha value is -0.870. The van der Waals surface area contributed by atoms with Gasteiger partial charge in [-0.15, -0.1) is 0 Å². The molecule has 0 spiro atoms. The summed E-state index contributed by atoms with van der Waals surface area (Å²) < 4.78 is 2.14. The van der Waals surface area contributed by atoms with Gasteiger partial charge in [-0.1, -0.05) is 6.42 Å². The van der Waals surface area contributed by atoms with Gasteiger partial charge in [0.2, 0.25) is 0 Å². The summed E-state index contributed by atoms with van der Waals surface area (Å²) in [6.07, 6.45) is 8.83. The van der Waals surface area contributed by atoms with Crippen LogP contribution >= 0.6 is 0 Å². The Bertz CT molecular complexity index is 396. The largest absolute Gasteiger partial charge is 0.385 e. The lowest BCUT2D eigenvalue weighted by atomic mass is 10.1. The second-order valence-corrected chi connectivity index (χ2v) is 5.59. The van der Waals surface area contributed by atoms with Crippen molar-refractivity contribution in [3.8, 4) is 0 Å². The van der Waals surface area contributed by atoms with Gasteiger partial charge in [0.15, 0.2) is 0 Å². The third kappa shape index (κ3) is 2.59. The van der Waals surface area contributed by atoms with Gasteiger partial charge < -0.3 is 14.6 Å². The van der Waals surface area contributed by atoms with Crippen LogP contribution in [0.4, 0.5) is 0 Å². The zero-order chi connectivity index (χ0) is 12.4. The van der Waals surface area contributed by atoms with Crippen molar-refractivity contribution in [2.75, 3.05) is 19.6 Å². The third-order valence-corrected chi connectivity index (χ3v) is 4.16. The number of aromatic nitrogens is 2. The van der Waals surface area contributed by atoms with E-state index >= 15 is 0 Å². The van der Waals surface area contributed by atoms with Crippen LogP contribution in [0.25, 0.3) is 0 Å². The molecule has 2 aliphatic heterocycles. The first kappa shape index (κ1) is 12.2. The van der Waals surface area contributed by atoms with E-state index < -0.39 is 0 Å². The number of imidazole rings is 1. The zero-order valence-corrected chi connectivity index (χ0v) is 11.0. The van der Waals surface area contributed by atoms with Crippen molar-refractivity contribution in [1.82, 2.24) is 14.5 Å². The van der Waals surface area contributed by atoms with Gasteiger partial charge in [0.25, 0.3) is 0 Å². The molecular formula is C14H23N3O. The Balaban J connectivity index is 1.59. The highest BCUT2D eigenvalue weighted by Gasteiger charge is 2.20. The predicted molar refractivity (Wildman–Crippen MR) is 70.4 cm³/mol. The van der Waals surface area contributed by atoms with Crippen molar-refractivity contribution >= 4 is 0 Å². The van der Waals surface area contributed by atoms with E-state index in [1.54, 1.807) is 0 Å². The molecule has 0 bridgehead atoms. The molecule has 1 fully saturated rings. The van der Waals surface area contributed by atoms with E-state index in [1.165, 1.54) is 32.4 Å². The number of hydrogen-bond donors (Lipinski definition) is 1. The number of aryl methyl sites for hydroxylation is 1. The Kier molecular flexibility index (Phi) is 3.66. The van der Waals surface area contributed by atoms with E-state index in [-0.39, 0.29) is 6.10 Å². The molecule has 1 atom stereocenters. The average molecular weight is 249 g/mol. The van der Waals surface area contributed by atoms with Crippen molar-refractivity contribution in [2.45, 2.75) is 51.2 Å². The molecule has 0 radical (unpaired) electrons. The van der Waals surface area contributed by atoms with Crippen molar-refractivity contribution in [1.29, 1.82) is 0 Å². The molecule has 0 aliphatic carbocycles. The number of aliphatic hydroxyl groups excluding tert-OH is 1. The maximum Gasteiger partial charge on any atom is 0.137 e. The SMILES string of the molecule is OC1CCCn2cc(CCN3CCCCC3)nc21.